The smallest absolute Gasteiger partial charge is 0.247 e. The van der Waals surface area contributed by atoms with Crippen LogP contribution < -0.4 is 26.0 Å². The highest BCUT2D eigenvalue weighted by molar-refractivity contribution is 6.99. The predicted octanol–water partition coefficient (Wildman–Crippen LogP) is 17.5. The van der Waals surface area contributed by atoms with Gasteiger partial charge >= 0.3 is 0 Å². The zero-order chi connectivity index (χ0) is 63.8. The third-order valence-corrected chi connectivity index (χ3v) is 16.5. The van der Waals surface area contributed by atoms with Crippen molar-refractivity contribution in [3.05, 3.63) is 282 Å². The molecule has 0 bridgehead atoms. The fourth-order valence-corrected chi connectivity index (χ4v) is 12.8. The quantitative estimate of drug-likeness (QED) is 0.160. The summed E-state index contributed by atoms with van der Waals surface area (Å²) in [6, 6.07) is 55.6. The standard InChI is InChI=1S/C75H59BN2O/c1-73(2,3)52-39-36-48(37-40-52)51-38-42-63-61(44-51)75(59-30-15-19-34-69(59)79-70-35-20-16-31-60(70)75)62-45-53(74(4,5)6)46-68-71(62)76(63)64-43-41-54(77-65-32-17-13-26-57(65)58-27-14-18-33-66(58)77)47-67(64)78(68)72-55(49-22-9-7-10-23-49)28-21-29-56(72)50-24-11-8-12-25-50/h7-47H,1-6H3/i13D,14D,17D,18D,26D,27D,32D,33D,36D,37D,39D,40D. The average molecular weight is 1030 g/mol. The summed E-state index contributed by atoms with van der Waals surface area (Å²) in [5.41, 5.74) is 12.3. The maximum Gasteiger partial charge on any atom is 0.247 e. The van der Waals surface area contributed by atoms with Gasteiger partial charge in [-0.15, -0.1) is 0 Å². The van der Waals surface area contributed by atoms with E-state index < -0.39 is 71.3 Å². The molecular weight excluding hydrogens is 956 g/mol. The first-order valence-electron chi connectivity index (χ1n) is 33.0. The van der Waals surface area contributed by atoms with Gasteiger partial charge in [-0.1, -0.05) is 253 Å². The molecule has 378 valence electrons. The van der Waals surface area contributed by atoms with Gasteiger partial charge in [0.1, 0.15) is 11.5 Å². The van der Waals surface area contributed by atoms with E-state index in [9.17, 15) is 11.0 Å². The summed E-state index contributed by atoms with van der Waals surface area (Å²) in [4.78, 5) is 2.35. The summed E-state index contributed by atoms with van der Waals surface area (Å²) < 4.78 is 121. The Hall–Kier alpha value is -9.12. The van der Waals surface area contributed by atoms with Crippen molar-refractivity contribution in [2.24, 2.45) is 0 Å². The van der Waals surface area contributed by atoms with Gasteiger partial charge in [-0.3, -0.25) is 0 Å². The zero-order valence-electron chi connectivity index (χ0n) is 56.6. The highest BCUT2D eigenvalue weighted by Crippen LogP contribution is 2.59. The average Bonchev–Trinajstić information content (AvgIpc) is 1.10. The number of fused-ring (bicyclic) bond motifs is 13. The van der Waals surface area contributed by atoms with E-state index in [0.717, 1.165) is 77.8 Å². The number of hydrogen-bond acceptors (Lipinski definition) is 2. The van der Waals surface area contributed by atoms with E-state index in [1.165, 1.54) is 0 Å². The molecule has 15 rings (SSSR count). The lowest BCUT2D eigenvalue weighted by atomic mass is 9.29. The van der Waals surface area contributed by atoms with Gasteiger partial charge in [0.25, 0.3) is 0 Å². The molecule has 0 saturated carbocycles. The Morgan fingerprint density at radius 3 is 1.58 bits per heavy atom. The molecular formula is C75H59BN2O. The van der Waals surface area contributed by atoms with E-state index in [-0.39, 0.29) is 51.5 Å². The van der Waals surface area contributed by atoms with Gasteiger partial charge in [0, 0.05) is 50.1 Å². The Balaban J connectivity index is 1.16. The highest BCUT2D eigenvalue weighted by Gasteiger charge is 2.55. The van der Waals surface area contributed by atoms with Crippen LogP contribution in [0.5, 0.6) is 11.5 Å². The minimum atomic E-state index is -1.18. The predicted molar refractivity (Wildman–Crippen MR) is 332 cm³/mol. The number of para-hydroxylation sites is 5. The summed E-state index contributed by atoms with van der Waals surface area (Å²) in [5.74, 6) is 1.29. The van der Waals surface area contributed by atoms with Crippen LogP contribution in [0.4, 0.5) is 17.1 Å². The van der Waals surface area contributed by atoms with Crippen LogP contribution in [-0.2, 0) is 16.2 Å². The molecule has 0 atom stereocenters. The molecule has 0 radical (unpaired) electrons. The first kappa shape index (κ1) is 36.1. The van der Waals surface area contributed by atoms with Crippen LogP contribution in [0.25, 0.3) is 60.9 Å². The monoisotopic (exact) mass is 1030 g/mol. The van der Waals surface area contributed by atoms with Crippen LogP contribution in [0.3, 0.4) is 0 Å². The second-order valence-electron chi connectivity index (χ2n) is 23.1. The minimum Gasteiger partial charge on any atom is -0.457 e. The van der Waals surface area contributed by atoms with Gasteiger partial charge in [0.15, 0.2) is 0 Å². The minimum absolute atomic E-state index is 0.00161. The molecule has 0 amide bonds. The summed E-state index contributed by atoms with van der Waals surface area (Å²) in [6.07, 6.45) is 0. The maximum absolute atomic E-state index is 9.76. The number of benzene rings is 11. The Morgan fingerprint density at radius 2 is 0.987 bits per heavy atom. The molecule has 12 aromatic rings. The number of hydrogen-bond donors (Lipinski definition) is 0. The summed E-state index contributed by atoms with van der Waals surface area (Å²) in [5, 5.41) is -0.0513. The normalized spacial score (nSPS) is 16.0. The van der Waals surface area contributed by atoms with E-state index in [1.54, 1.807) is 4.57 Å². The summed E-state index contributed by atoms with van der Waals surface area (Å²) in [7, 11) is 0. The Morgan fingerprint density at radius 1 is 0.430 bits per heavy atom. The third kappa shape index (κ3) is 7.06. The number of anilines is 3. The molecule has 1 spiro atoms. The Bertz CT molecular complexity index is 4960. The first-order chi connectivity index (χ1) is 43.5. The van der Waals surface area contributed by atoms with Crippen molar-refractivity contribution in [3.8, 4) is 50.6 Å². The molecule has 3 aliphatic rings. The molecule has 4 heterocycles. The number of ether oxygens (including phenoxy) is 1. The molecule has 0 unspecified atom stereocenters. The van der Waals surface area contributed by atoms with Crippen LogP contribution in [0.2, 0.25) is 0 Å². The lowest BCUT2D eigenvalue weighted by molar-refractivity contribution is 0.435. The summed E-state index contributed by atoms with van der Waals surface area (Å²) in [6.45, 7) is 11.7. The van der Waals surface area contributed by atoms with Crippen LogP contribution >= 0.6 is 0 Å². The van der Waals surface area contributed by atoms with E-state index in [0.29, 0.717) is 34.0 Å². The molecule has 11 aromatic carbocycles. The van der Waals surface area contributed by atoms with Crippen LogP contribution in [0.15, 0.2) is 248 Å². The Labute approximate surface area is 481 Å². The van der Waals surface area contributed by atoms with E-state index in [2.05, 4.69) is 105 Å². The van der Waals surface area contributed by atoms with Crippen molar-refractivity contribution in [1.29, 1.82) is 0 Å². The molecule has 3 nitrogen and oxygen atoms in total. The molecule has 79 heavy (non-hydrogen) atoms. The van der Waals surface area contributed by atoms with Gasteiger partial charge in [-0.05, 0) is 109 Å². The maximum atomic E-state index is 9.76. The lowest BCUT2D eigenvalue weighted by Gasteiger charge is -2.51. The van der Waals surface area contributed by atoms with Crippen molar-refractivity contribution in [2.45, 2.75) is 57.8 Å². The van der Waals surface area contributed by atoms with Crippen molar-refractivity contribution < 1.29 is 21.2 Å². The van der Waals surface area contributed by atoms with Gasteiger partial charge in [0.05, 0.1) is 38.6 Å². The van der Waals surface area contributed by atoms with E-state index in [4.69, 9.17) is 10.2 Å². The molecule has 0 aliphatic carbocycles. The second kappa shape index (κ2) is 17.4. The largest absolute Gasteiger partial charge is 0.457 e. The first-order valence-corrected chi connectivity index (χ1v) is 27.0. The molecule has 3 aliphatic heterocycles. The van der Waals surface area contributed by atoms with Crippen molar-refractivity contribution >= 4 is 62.0 Å². The van der Waals surface area contributed by atoms with E-state index >= 15 is 0 Å². The van der Waals surface area contributed by atoms with E-state index in [1.807, 2.05) is 118 Å². The molecule has 4 heteroatoms. The number of aromatic nitrogens is 1. The zero-order valence-corrected chi connectivity index (χ0v) is 44.6. The SMILES string of the molecule is [2H]c1c([2H])c(C(C)(C)C)c([2H])c([2H])c1-c1ccc2c(c1)C1(c3ccccc3Oc3ccccc31)c1cc(C(C)(C)C)cc3c1B2c1ccc(-n2c4c([2H])c([2H])c([2H])c([2H])c4c4c([2H])c([2H])c([2H])c([2H])c42)cc1N3c1c(-c2ccccc2)cccc1-c1ccccc1. The Kier molecular flexibility index (Phi) is 7.97. The van der Waals surface area contributed by atoms with Crippen molar-refractivity contribution in [3.63, 3.8) is 0 Å². The highest BCUT2D eigenvalue weighted by atomic mass is 16.5. The molecule has 0 N–H and O–H groups in total. The molecule has 0 fully saturated rings. The summed E-state index contributed by atoms with van der Waals surface area (Å²) >= 11 is 0. The van der Waals surface area contributed by atoms with Gasteiger partial charge in [0.2, 0.25) is 6.71 Å². The third-order valence-electron chi connectivity index (χ3n) is 16.5. The topological polar surface area (TPSA) is 17.4 Å². The lowest BCUT2D eigenvalue weighted by Crippen LogP contribution is -2.65. The van der Waals surface area contributed by atoms with Crippen LogP contribution in [-0.4, -0.2) is 11.3 Å². The van der Waals surface area contributed by atoms with Gasteiger partial charge in [-0.25, -0.2) is 0 Å². The fraction of sp³-hybridized carbons (Fsp3) is 0.120. The fourth-order valence-electron chi connectivity index (χ4n) is 12.8. The number of nitrogens with zero attached hydrogens (tertiary/aromatic N) is 2. The molecule has 0 saturated heterocycles. The van der Waals surface area contributed by atoms with Crippen LogP contribution in [0, 0.1) is 0 Å². The molecule has 1 aromatic heterocycles. The van der Waals surface area contributed by atoms with Crippen LogP contribution in [0.1, 0.15) is 91.4 Å². The van der Waals surface area contributed by atoms with Gasteiger partial charge < -0.3 is 14.2 Å². The van der Waals surface area contributed by atoms with Crippen molar-refractivity contribution in [1.82, 2.24) is 4.57 Å². The number of rotatable bonds is 5. The van der Waals surface area contributed by atoms with Crippen molar-refractivity contribution in [2.75, 3.05) is 4.90 Å². The van der Waals surface area contributed by atoms with Gasteiger partial charge in [-0.2, -0.15) is 0 Å². The second-order valence-corrected chi connectivity index (χ2v) is 23.1.